The standard InChI is InChI=1S/C22H23NO6/c1-22(14-8-13-18(24)25)20(26)29-19(17-11-6-3-7-12-17)23(22)21(27)28-15-16-9-4-2-5-10-16/h2-7,9-12,19H,8,13-15H2,1H3,(H,24,25)/t19-,22+/m1/s1. The first kappa shape index (κ1) is 20.4. The van der Waals surface area contributed by atoms with Gasteiger partial charge in [0.05, 0.1) is 0 Å². The number of rotatable bonds is 7. The van der Waals surface area contributed by atoms with E-state index in [1.165, 1.54) is 4.90 Å². The highest BCUT2D eigenvalue weighted by Crippen LogP contribution is 2.41. The van der Waals surface area contributed by atoms with Gasteiger partial charge >= 0.3 is 18.0 Å². The number of carboxylic acids is 1. The summed E-state index contributed by atoms with van der Waals surface area (Å²) < 4.78 is 11.0. The van der Waals surface area contributed by atoms with Crippen molar-refractivity contribution < 1.29 is 29.0 Å². The molecule has 0 aliphatic carbocycles. The Bertz CT molecular complexity index is 869. The first-order chi connectivity index (χ1) is 13.9. The molecular formula is C22H23NO6. The van der Waals surface area contributed by atoms with Crippen LogP contribution >= 0.6 is 0 Å². The number of carbonyl (C=O) groups excluding carboxylic acids is 2. The molecule has 1 fully saturated rings. The van der Waals surface area contributed by atoms with Crippen molar-refractivity contribution in [2.24, 2.45) is 0 Å². The highest BCUT2D eigenvalue weighted by atomic mass is 16.6. The molecule has 2 aromatic carbocycles. The lowest BCUT2D eigenvalue weighted by Crippen LogP contribution is -2.49. The molecule has 0 saturated carbocycles. The van der Waals surface area contributed by atoms with E-state index in [0.29, 0.717) is 5.56 Å². The molecule has 1 aliphatic heterocycles. The van der Waals surface area contributed by atoms with Gasteiger partial charge in [0, 0.05) is 12.0 Å². The molecule has 0 bridgehead atoms. The average Bonchev–Trinajstić information content (AvgIpc) is 2.98. The minimum absolute atomic E-state index is 0.0527. The van der Waals surface area contributed by atoms with E-state index in [0.717, 1.165) is 5.56 Å². The molecule has 2 aromatic rings. The van der Waals surface area contributed by atoms with Crippen LogP contribution < -0.4 is 0 Å². The number of carboxylic acid groups (broad SMARTS) is 1. The van der Waals surface area contributed by atoms with E-state index in [2.05, 4.69) is 0 Å². The third-order valence-corrected chi connectivity index (χ3v) is 4.97. The number of ether oxygens (including phenoxy) is 2. The molecule has 3 rings (SSSR count). The number of nitrogens with zero attached hydrogens (tertiary/aromatic N) is 1. The highest BCUT2D eigenvalue weighted by molar-refractivity contribution is 5.88. The van der Waals surface area contributed by atoms with Crippen LogP contribution in [-0.4, -0.2) is 33.6 Å². The minimum atomic E-state index is -1.32. The van der Waals surface area contributed by atoms with Crippen molar-refractivity contribution in [3.63, 3.8) is 0 Å². The molecule has 7 nitrogen and oxygen atoms in total. The maximum Gasteiger partial charge on any atom is 0.414 e. The quantitative estimate of drug-likeness (QED) is 0.713. The van der Waals surface area contributed by atoms with E-state index >= 15 is 0 Å². The van der Waals surface area contributed by atoms with Crippen LogP contribution in [0.2, 0.25) is 0 Å². The van der Waals surface area contributed by atoms with Gasteiger partial charge in [-0.3, -0.25) is 9.69 Å². The zero-order chi connectivity index (χ0) is 20.9. The van der Waals surface area contributed by atoms with Crippen molar-refractivity contribution >= 4 is 18.0 Å². The number of aliphatic carboxylic acids is 1. The lowest BCUT2D eigenvalue weighted by Gasteiger charge is -2.32. The molecule has 7 heteroatoms. The third-order valence-electron chi connectivity index (χ3n) is 4.97. The maximum atomic E-state index is 13.0. The second-order valence-electron chi connectivity index (χ2n) is 7.10. The fraction of sp³-hybridized carbons (Fsp3) is 0.318. The second-order valence-corrected chi connectivity index (χ2v) is 7.10. The molecule has 2 atom stereocenters. The van der Waals surface area contributed by atoms with Gasteiger partial charge in [-0.05, 0) is 25.3 Å². The summed E-state index contributed by atoms with van der Waals surface area (Å²) in [6.07, 6.45) is -1.34. The van der Waals surface area contributed by atoms with Crippen LogP contribution in [0.25, 0.3) is 0 Å². The van der Waals surface area contributed by atoms with Gasteiger partial charge in [-0.25, -0.2) is 9.59 Å². The summed E-state index contributed by atoms with van der Waals surface area (Å²) >= 11 is 0. The first-order valence-corrected chi connectivity index (χ1v) is 9.39. The Morgan fingerprint density at radius 2 is 1.72 bits per heavy atom. The highest BCUT2D eigenvalue weighted by Gasteiger charge is 2.55. The van der Waals surface area contributed by atoms with E-state index in [-0.39, 0.29) is 25.9 Å². The summed E-state index contributed by atoms with van der Waals surface area (Å²) in [5.74, 6) is -1.54. The molecule has 1 aliphatic rings. The van der Waals surface area contributed by atoms with Gasteiger partial charge in [0.15, 0.2) is 0 Å². The molecule has 1 saturated heterocycles. The summed E-state index contributed by atoms with van der Waals surface area (Å²) in [7, 11) is 0. The Labute approximate surface area is 168 Å². The smallest absolute Gasteiger partial charge is 0.414 e. The molecule has 0 spiro atoms. The van der Waals surface area contributed by atoms with Gasteiger partial charge in [0.1, 0.15) is 12.1 Å². The van der Waals surface area contributed by atoms with Gasteiger partial charge < -0.3 is 14.6 Å². The Morgan fingerprint density at radius 1 is 1.10 bits per heavy atom. The number of hydrogen-bond acceptors (Lipinski definition) is 5. The summed E-state index contributed by atoms with van der Waals surface area (Å²) in [4.78, 5) is 37.9. The molecule has 0 aromatic heterocycles. The van der Waals surface area contributed by atoms with Crippen molar-refractivity contribution in [2.75, 3.05) is 0 Å². The predicted octanol–water partition coefficient (Wildman–Crippen LogP) is 3.89. The molecule has 29 heavy (non-hydrogen) atoms. The van der Waals surface area contributed by atoms with Gasteiger partial charge in [-0.2, -0.15) is 0 Å². The van der Waals surface area contributed by atoms with Crippen LogP contribution in [0, 0.1) is 0 Å². The number of amides is 1. The number of benzene rings is 2. The number of cyclic esters (lactones) is 1. The number of carbonyl (C=O) groups is 3. The maximum absolute atomic E-state index is 13.0. The Morgan fingerprint density at radius 3 is 2.34 bits per heavy atom. The van der Waals surface area contributed by atoms with Gasteiger partial charge in [0.25, 0.3) is 0 Å². The zero-order valence-corrected chi connectivity index (χ0v) is 16.1. The summed E-state index contributed by atoms with van der Waals surface area (Å²) in [5, 5.41) is 8.93. The van der Waals surface area contributed by atoms with Gasteiger partial charge in [0.2, 0.25) is 6.23 Å². The summed E-state index contributed by atoms with van der Waals surface area (Å²) in [6.45, 7) is 1.64. The summed E-state index contributed by atoms with van der Waals surface area (Å²) in [6, 6.07) is 18.1. The molecule has 0 radical (unpaired) electrons. The van der Waals surface area contributed by atoms with Crippen molar-refractivity contribution in [2.45, 2.75) is 44.6 Å². The van der Waals surface area contributed by atoms with Crippen molar-refractivity contribution in [1.29, 1.82) is 0 Å². The van der Waals surface area contributed by atoms with Crippen LogP contribution in [0.15, 0.2) is 60.7 Å². The van der Waals surface area contributed by atoms with Crippen LogP contribution in [0.3, 0.4) is 0 Å². The summed E-state index contributed by atoms with van der Waals surface area (Å²) in [5.41, 5.74) is 0.139. The zero-order valence-electron chi connectivity index (χ0n) is 16.1. The van der Waals surface area contributed by atoms with Crippen molar-refractivity contribution in [1.82, 2.24) is 4.90 Å². The molecule has 1 heterocycles. The topological polar surface area (TPSA) is 93.1 Å². The van der Waals surface area contributed by atoms with Gasteiger partial charge in [-0.15, -0.1) is 0 Å². The van der Waals surface area contributed by atoms with Crippen LogP contribution in [0.5, 0.6) is 0 Å². The predicted molar refractivity (Wildman–Crippen MR) is 104 cm³/mol. The minimum Gasteiger partial charge on any atom is -0.481 e. The lowest BCUT2D eigenvalue weighted by molar-refractivity contribution is -0.146. The molecular weight excluding hydrogens is 374 g/mol. The first-order valence-electron chi connectivity index (χ1n) is 9.39. The molecule has 152 valence electrons. The van der Waals surface area contributed by atoms with Crippen LogP contribution in [0.1, 0.15) is 43.5 Å². The average molecular weight is 397 g/mol. The normalized spacial score (nSPS) is 20.9. The Balaban J connectivity index is 1.84. The molecule has 1 N–H and O–H groups in total. The van der Waals surface area contributed by atoms with E-state index < -0.39 is 29.8 Å². The van der Waals surface area contributed by atoms with Crippen LogP contribution in [-0.2, 0) is 25.7 Å². The van der Waals surface area contributed by atoms with E-state index in [1.54, 1.807) is 31.2 Å². The second kappa shape index (κ2) is 8.77. The fourth-order valence-electron chi connectivity index (χ4n) is 3.37. The van der Waals surface area contributed by atoms with E-state index in [4.69, 9.17) is 14.6 Å². The van der Waals surface area contributed by atoms with E-state index in [1.807, 2.05) is 36.4 Å². The largest absolute Gasteiger partial charge is 0.481 e. The van der Waals surface area contributed by atoms with Crippen molar-refractivity contribution in [3.8, 4) is 0 Å². The third kappa shape index (κ3) is 4.56. The number of hydrogen-bond donors (Lipinski definition) is 1. The lowest BCUT2D eigenvalue weighted by atomic mass is 9.93. The SMILES string of the molecule is C[C@]1(CCCC(=O)O)C(=O)O[C@H](c2ccccc2)N1C(=O)OCc1ccccc1. The van der Waals surface area contributed by atoms with E-state index in [9.17, 15) is 14.4 Å². The van der Waals surface area contributed by atoms with Crippen molar-refractivity contribution in [3.05, 3.63) is 71.8 Å². The monoisotopic (exact) mass is 397 g/mol. The Kier molecular flexibility index (Phi) is 6.16. The van der Waals surface area contributed by atoms with Crippen LogP contribution in [0.4, 0.5) is 4.79 Å². The van der Waals surface area contributed by atoms with Gasteiger partial charge in [-0.1, -0.05) is 60.7 Å². The number of esters is 1. The molecule has 1 amide bonds. The fourth-order valence-corrected chi connectivity index (χ4v) is 3.37. The Hall–Kier alpha value is -3.35. The molecule has 0 unspecified atom stereocenters.